The maximum Gasteiger partial charge on any atom is 0.241 e. The third-order valence-corrected chi connectivity index (χ3v) is 4.35. The van der Waals surface area contributed by atoms with Gasteiger partial charge in [0.05, 0.1) is 21.9 Å². The van der Waals surface area contributed by atoms with Gasteiger partial charge >= 0.3 is 0 Å². The normalized spacial score (nSPS) is 17.6. The number of primary sulfonamides is 1. The Kier molecular flexibility index (Phi) is 4.80. The topological polar surface area (TPSA) is 99.9 Å². The van der Waals surface area contributed by atoms with Crippen molar-refractivity contribution in [3.8, 4) is 17.2 Å². The van der Waals surface area contributed by atoms with Crippen LogP contribution in [0.15, 0.2) is 47.3 Å². The van der Waals surface area contributed by atoms with E-state index >= 15 is 0 Å². The largest absolute Gasteiger partial charge is 0.495 e. The fourth-order valence-electron chi connectivity index (χ4n) is 2.20. The van der Waals surface area contributed by atoms with Crippen molar-refractivity contribution in [1.82, 2.24) is 5.32 Å². The molecule has 2 aromatic carbocycles. The number of nitrogens with one attached hydrogen (secondary N) is 1. The molecule has 2 aromatic rings. The van der Waals surface area contributed by atoms with Crippen molar-refractivity contribution in [2.75, 3.05) is 26.8 Å². The minimum absolute atomic E-state index is 0.0410. The first-order valence-electron chi connectivity index (χ1n) is 12.3. The van der Waals surface area contributed by atoms with Crippen LogP contribution >= 0.6 is 0 Å². The number of sulfonamides is 1. The van der Waals surface area contributed by atoms with Crippen LogP contribution in [0.2, 0.25) is 0 Å². The molecule has 0 aromatic heterocycles. The van der Waals surface area contributed by atoms with Gasteiger partial charge in [0, 0.05) is 15.3 Å². The summed E-state index contributed by atoms with van der Waals surface area (Å²) in [5.41, 5.74) is -0.0513. The Morgan fingerprint density at radius 2 is 1.89 bits per heavy atom. The van der Waals surface area contributed by atoms with E-state index in [1.165, 1.54) is 26.2 Å². The highest BCUT2D eigenvalue weighted by Gasteiger charge is 2.16. The van der Waals surface area contributed by atoms with Crippen molar-refractivity contribution < 1.29 is 33.6 Å². The number of methoxy groups -OCH3 is 1. The van der Waals surface area contributed by atoms with Gasteiger partial charge < -0.3 is 19.5 Å². The lowest BCUT2D eigenvalue weighted by atomic mass is 10.1. The van der Waals surface area contributed by atoms with E-state index in [2.05, 4.69) is 5.32 Å². The molecule has 0 aliphatic rings. The third kappa shape index (κ3) is 6.40. The van der Waals surface area contributed by atoms with Gasteiger partial charge in [0.15, 0.2) is 11.5 Å². The zero-order valence-electron chi connectivity index (χ0n) is 23.8. The van der Waals surface area contributed by atoms with Crippen LogP contribution in [-0.2, 0) is 16.4 Å². The van der Waals surface area contributed by atoms with Crippen LogP contribution in [0.1, 0.15) is 30.4 Å². The Labute approximate surface area is 178 Å². The summed E-state index contributed by atoms with van der Waals surface area (Å²) >= 11 is 0. The Hall–Kier alpha value is -2.29. The van der Waals surface area contributed by atoms with Gasteiger partial charge in [-0.3, -0.25) is 0 Å². The summed E-state index contributed by atoms with van der Waals surface area (Å²) in [5, 5.41) is 7.87. The number of para-hydroxylation sites is 2. The van der Waals surface area contributed by atoms with Crippen LogP contribution in [0, 0.1) is 0 Å². The molecule has 0 aliphatic carbocycles. The van der Waals surface area contributed by atoms with Gasteiger partial charge in [0.1, 0.15) is 17.2 Å². The van der Waals surface area contributed by atoms with Crippen LogP contribution in [-0.4, -0.2) is 41.3 Å². The number of hydrogen-bond acceptors (Lipinski definition) is 6. The summed E-state index contributed by atoms with van der Waals surface area (Å²) in [6.07, 6.45) is -2.20. The van der Waals surface area contributed by atoms with Crippen molar-refractivity contribution in [3.05, 3.63) is 47.9 Å². The molecule has 0 radical (unpaired) electrons. The second-order valence-electron chi connectivity index (χ2n) is 5.50. The number of rotatable bonds is 11. The average molecular weight is 417 g/mol. The van der Waals surface area contributed by atoms with E-state index in [1.807, 2.05) is 0 Å². The zero-order valence-corrected chi connectivity index (χ0v) is 16.6. The van der Waals surface area contributed by atoms with Gasteiger partial charge in [-0.05, 0) is 50.0 Å². The number of benzene rings is 2. The van der Waals surface area contributed by atoms with Crippen molar-refractivity contribution in [3.63, 3.8) is 0 Å². The summed E-state index contributed by atoms with van der Waals surface area (Å²) < 4.78 is 104. The van der Waals surface area contributed by atoms with Crippen LogP contribution in [0.5, 0.6) is 17.2 Å². The molecule has 0 fully saturated rings. The van der Waals surface area contributed by atoms with Gasteiger partial charge in [-0.15, -0.1) is 0 Å². The molecule has 0 saturated heterocycles. The van der Waals surface area contributed by atoms with Gasteiger partial charge in [-0.25, -0.2) is 13.6 Å². The van der Waals surface area contributed by atoms with Crippen molar-refractivity contribution in [2.24, 2.45) is 5.14 Å². The molecular weight excluding hydrogens is 380 g/mol. The third-order valence-electron chi connectivity index (χ3n) is 3.42. The van der Waals surface area contributed by atoms with E-state index in [9.17, 15) is 8.42 Å². The molecule has 0 amide bonds. The van der Waals surface area contributed by atoms with E-state index in [0.29, 0.717) is 0 Å². The first kappa shape index (κ1) is 13.0. The predicted octanol–water partition coefficient (Wildman–Crippen LogP) is 2.34. The summed E-state index contributed by atoms with van der Waals surface area (Å²) in [7, 11) is -2.97. The number of nitrogens with two attached hydrogens (primary N) is 1. The molecule has 7 nitrogen and oxygen atoms in total. The summed E-state index contributed by atoms with van der Waals surface area (Å²) in [6.45, 7) is -0.109. The minimum atomic E-state index is -4.21. The highest BCUT2D eigenvalue weighted by atomic mass is 32.2. The molecular formula is C20H28N2O5S. The first-order valence-corrected chi connectivity index (χ1v) is 9.89. The van der Waals surface area contributed by atoms with E-state index in [4.69, 9.17) is 30.3 Å². The first-order chi connectivity index (χ1) is 16.5. The minimum Gasteiger partial charge on any atom is -0.495 e. The molecule has 1 atom stereocenters. The fraction of sp³-hybridized carbons (Fsp3) is 0.400. The van der Waals surface area contributed by atoms with Crippen LogP contribution < -0.4 is 24.7 Å². The SMILES string of the molecule is [2H]c1c([2H])c([2H])c(OC([2H])([2H])CN[C@H](C)C([2H])([2H])c2ccc(OC)c(S(N)(=O)=O)c2)c(OCC)c1[2H]. The maximum absolute atomic E-state index is 11.9. The molecule has 0 saturated carbocycles. The Balaban J connectivity index is 2.30. The molecule has 2 rings (SSSR count). The molecule has 3 N–H and O–H groups in total. The lowest BCUT2D eigenvalue weighted by Crippen LogP contribution is -2.32. The molecule has 0 spiro atoms. The van der Waals surface area contributed by atoms with Crippen molar-refractivity contribution >= 4 is 10.0 Å². The van der Waals surface area contributed by atoms with Gasteiger partial charge in [-0.1, -0.05) is 18.2 Å². The molecule has 154 valence electrons. The monoisotopic (exact) mass is 416 g/mol. The lowest BCUT2D eigenvalue weighted by Gasteiger charge is -2.16. The average Bonchev–Trinajstić information content (AvgIpc) is 2.80. The predicted molar refractivity (Wildman–Crippen MR) is 109 cm³/mol. The van der Waals surface area contributed by atoms with Gasteiger partial charge in [0.2, 0.25) is 10.0 Å². The zero-order chi connectivity index (χ0) is 27.6. The molecule has 0 heterocycles. The standard InChI is InChI=1S/C20H28N2O5S/c1-4-26-17-7-5-6-8-18(17)27-12-11-22-15(2)13-16-9-10-19(25-3)20(14-16)28(21,23)24/h5-10,14-15,22H,4,11-13H2,1-3H3,(H2,21,23,24)/t15-/m1/s1/i5D,6D,7D,8D,12D2,13D2. The van der Waals surface area contributed by atoms with E-state index in [1.54, 1.807) is 6.92 Å². The van der Waals surface area contributed by atoms with Crippen LogP contribution in [0.25, 0.3) is 0 Å². The Morgan fingerprint density at radius 1 is 1.21 bits per heavy atom. The highest BCUT2D eigenvalue weighted by Crippen LogP contribution is 2.26. The quantitative estimate of drug-likeness (QED) is 0.583. The highest BCUT2D eigenvalue weighted by molar-refractivity contribution is 7.89. The molecule has 8 heteroatoms. The van der Waals surface area contributed by atoms with Gasteiger partial charge in [0.25, 0.3) is 0 Å². The van der Waals surface area contributed by atoms with Crippen molar-refractivity contribution in [1.29, 1.82) is 0 Å². The second kappa shape index (κ2) is 10.3. The lowest BCUT2D eigenvalue weighted by molar-refractivity contribution is 0.272. The van der Waals surface area contributed by atoms with Gasteiger partial charge in [-0.2, -0.15) is 0 Å². The van der Waals surface area contributed by atoms with Crippen molar-refractivity contribution in [2.45, 2.75) is 31.2 Å². The summed E-state index contributed by atoms with van der Waals surface area (Å²) in [6, 6.07) is 0.227. The Bertz CT molecular complexity index is 1230. The smallest absolute Gasteiger partial charge is 0.241 e. The maximum atomic E-state index is 11.9. The summed E-state index contributed by atoms with van der Waals surface area (Å²) in [4.78, 5) is -0.404. The van der Waals surface area contributed by atoms with Crippen LogP contribution in [0.3, 0.4) is 0 Å². The second-order valence-corrected chi connectivity index (χ2v) is 7.03. The Morgan fingerprint density at radius 3 is 2.50 bits per heavy atom. The molecule has 0 aliphatic heterocycles. The van der Waals surface area contributed by atoms with E-state index in [0.717, 1.165) is 6.07 Å². The number of hydrogen-bond donors (Lipinski definition) is 2. The van der Waals surface area contributed by atoms with Crippen LogP contribution in [0.4, 0.5) is 0 Å². The fourth-order valence-corrected chi connectivity index (χ4v) is 2.92. The molecule has 0 unspecified atom stereocenters. The molecule has 28 heavy (non-hydrogen) atoms. The van der Waals surface area contributed by atoms with E-state index < -0.39 is 70.4 Å². The van der Waals surface area contributed by atoms with E-state index in [-0.39, 0.29) is 23.7 Å². The molecule has 0 bridgehead atoms. The summed E-state index contributed by atoms with van der Waals surface area (Å²) in [5.74, 6) is -0.914. The number of ether oxygens (including phenoxy) is 3.